The van der Waals surface area contributed by atoms with E-state index in [0.29, 0.717) is 26.6 Å². The second-order valence-electron chi connectivity index (χ2n) is 10.3. The Hall–Kier alpha value is -3.00. The lowest BCUT2D eigenvalue weighted by Crippen LogP contribution is -2.44. The van der Waals surface area contributed by atoms with Crippen LogP contribution in [-0.4, -0.2) is 56.8 Å². The topological polar surface area (TPSA) is 75.5 Å². The zero-order valence-corrected chi connectivity index (χ0v) is 21.9. The molecule has 2 fully saturated rings. The summed E-state index contributed by atoms with van der Waals surface area (Å²) in [5, 5.41) is 0.462. The monoisotopic (exact) mass is 506 g/mol. The Morgan fingerprint density at radius 2 is 1.81 bits per heavy atom. The van der Waals surface area contributed by atoms with E-state index < -0.39 is 0 Å². The summed E-state index contributed by atoms with van der Waals surface area (Å²) in [5.74, 6) is 0.514. The van der Waals surface area contributed by atoms with E-state index in [0.717, 1.165) is 58.2 Å². The van der Waals surface area contributed by atoms with Crippen molar-refractivity contribution in [3.63, 3.8) is 0 Å². The number of piperidine rings is 2. The third-order valence-electron chi connectivity index (χ3n) is 7.81. The summed E-state index contributed by atoms with van der Waals surface area (Å²) in [6.07, 6.45) is 7.59. The number of aryl methyl sites for hydroxylation is 1. The number of nitrogens with zero attached hydrogens (tertiary/aromatic N) is 4. The van der Waals surface area contributed by atoms with Gasteiger partial charge in [0.05, 0.1) is 16.6 Å². The fourth-order valence-corrected chi connectivity index (χ4v) is 6.72. The van der Waals surface area contributed by atoms with Gasteiger partial charge in [0.15, 0.2) is 0 Å². The molecule has 2 aliphatic heterocycles. The molecule has 8 heteroatoms. The molecule has 0 aliphatic carbocycles. The average molecular weight is 507 g/mol. The maximum Gasteiger partial charge on any atom is 0.264 e. The lowest BCUT2D eigenvalue weighted by atomic mass is 9.90. The van der Waals surface area contributed by atoms with Crippen molar-refractivity contribution in [2.45, 2.75) is 65.0 Å². The van der Waals surface area contributed by atoms with Gasteiger partial charge in [0.1, 0.15) is 11.4 Å². The van der Waals surface area contributed by atoms with E-state index in [1.165, 1.54) is 27.8 Å². The molecule has 0 saturated carbocycles. The van der Waals surface area contributed by atoms with Crippen LogP contribution in [0.3, 0.4) is 0 Å². The molecule has 36 heavy (non-hydrogen) atoms. The van der Waals surface area contributed by atoms with Crippen molar-refractivity contribution in [3.05, 3.63) is 63.0 Å². The van der Waals surface area contributed by atoms with E-state index >= 15 is 0 Å². The Balaban J connectivity index is 1.29. The summed E-state index contributed by atoms with van der Waals surface area (Å²) in [4.78, 5) is 49.0. The number of carbonyl (C=O) groups excluding carboxylic acids is 2. The van der Waals surface area contributed by atoms with Gasteiger partial charge in [-0.1, -0.05) is 30.3 Å². The Labute approximate surface area is 215 Å². The van der Waals surface area contributed by atoms with Crippen LogP contribution < -0.4 is 5.56 Å². The zero-order chi connectivity index (χ0) is 25.2. The van der Waals surface area contributed by atoms with Crippen LogP contribution in [-0.2, 0) is 17.8 Å². The summed E-state index contributed by atoms with van der Waals surface area (Å²) in [6.45, 7) is 6.07. The summed E-state index contributed by atoms with van der Waals surface area (Å²) < 4.78 is 1.40. The van der Waals surface area contributed by atoms with Crippen molar-refractivity contribution in [3.8, 4) is 0 Å². The third-order valence-corrected chi connectivity index (χ3v) is 9.00. The molecular formula is C28H34N4O3S. The molecular weight excluding hydrogens is 472 g/mol. The number of hydrogen-bond acceptors (Lipinski definition) is 5. The van der Waals surface area contributed by atoms with Crippen molar-refractivity contribution in [1.29, 1.82) is 0 Å². The standard InChI is InChI=1S/C28H34N4O3S/c1-19-8-6-7-13-32(19)23(33)17-31-18-29-26-24(27(31)34)20(2)25(36-26)28(35)30-14-11-22(12-15-30)16-21-9-4-3-5-10-21/h3-5,9-10,18-19,22H,6-8,11-17H2,1-2H3. The van der Waals surface area contributed by atoms with Crippen LogP contribution >= 0.6 is 11.3 Å². The molecule has 2 aromatic heterocycles. The van der Waals surface area contributed by atoms with E-state index in [-0.39, 0.29) is 30.0 Å². The van der Waals surface area contributed by atoms with E-state index in [1.54, 1.807) is 0 Å². The highest BCUT2D eigenvalue weighted by Gasteiger charge is 2.28. The predicted octanol–water partition coefficient (Wildman–Crippen LogP) is 4.26. The lowest BCUT2D eigenvalue weighted by Gasteiger charge is -2.33. The highest BCUT2D eigenvalue weighted by Crippen LogP contribution is 2.30. The molecule has 0 radical (unpaired) electrons. The summed E-state index contributed by atoms with van der Waals surface area (Å²) in [5.41, 5.74) is 1.78. The molecule has 190 valence electrons. The van der Waals surface area contributed by atoms with E-state index in [4.69, 9.17) is 0 Å². The minimum Gasteiger partial charge on any atom is -0.338 e. The molecule has 2 amide bonds. The van der Waals surface area contributed by atoms with Crippen molar-refractivity contribution >= 4 is 33.4 Å². The first-order valence-electron chi connectivity index (χ1n) is 13.0. The molecule has 1 atom stereocenters. The molecule has 5 rings (SSSR count). The maximum atomic E-state index is 13.4. The molecule has 3 aromatic rings. The quantitative estimate of drug-likeness (QED) is 0.518. The maximum absolute atomic E-state index is 13.4. The Bertz CT molecular complexity index is 1310. The number of carbonyl (C=O) groups is 2. The highest BCUT2D eigenvalue weighted by atomic mass is 32.1. The Morgan fingerprint density at radius 1 is 1.06 bits per heavy atom. The van der Waals surface area contributed by atoms with Crippen LogP contribution in [0.1, 0.15) is 59.8 Å². The van der Waals surface area contributed by atoms with Crippen LogP contribution in [0.2, 0.25) is 0 Å². The Kier molecular flexibility index (Phi) is 7.23. The number of hydrogen-bond donors (Lipinski definition) is 0. The van der Waals surface area contributed by atoms with Gasteiger partial charge in [-0.05, 0) is 69.4 Å². The van der Waals surface area contributed by atoms with Crippen molar-refractivity contribution in [1.82, 2.24) is 19.4 Å². The SMILES string of the molecule is Cc1c(C(=O)N2CCC(Cc3ccccc3)CC2)sc2ncn(CC(=O)N3CCCCC3C)c(=O)c12. The summed E-state index contributed by atoms with van der Waals surface area (Å²) >= 11 is 1.29. The van der Waals surface area contributed by atoms with Gasteiger partial charge in [-0.25, -0.2) is 4.98 Å². The van der Waals surface area contributed by atoms with Gasteiger partial charge < -0.3 is 9.80 Å². The molecule has 1 unspecified atom stereocenters. The smallest absolute Gasteiger partial charge is 0.264 e. The van der Waals surface area contributed by atoms with E-state index in [9.17, 15) is 14.4 Å². The second kappa shape index (κ2) is 10.5. The number of likely N-dealkylation sites (tertiary alicyclic amines) is 2. The van der Waals surface area contributed by atoms with Gasteiger partial charge >= 0.3 is 0 Å². The largest absolute Gasteiger partial charge is 0.338 e. The van der Waals surface area contributed by atoms with Crippen molar-refractivity contribution in [2.24, 2.45) is 5.92 Å². The van der Waals surface area contributed by atoms with Gasteiger partial charge in [0.2, 0.25) is 5.91 Å². The first kappa shape index (κ1) is 24.7. The van der Waals surface area contributed by atoms with Crippen LogP contribution in [0.4, 0.5) is 0 Å². The Morgan fingerprint density at radius 3 is 2.53 bits per heavy atom. The number of amides is 2. The molecule has 2 aliphatic rings. The molecule has 1 aromatic carbocycles. The zero-order valence-electron chi connectivity index (χ0n) is 21.1. The summed E-state index contributed by atoms with van der Waals surface area (Å²) in [7, 11) is 0. The van der Waals surface area contributed by atoms with Crippen LogP contribution in [0.5, 0.6) is 0 Å². The van der Waals surface area contributed by atoms with E-state index in [1.807, 2.05) is 22.8 Å². The van der Waals surface area contributed by atoms with Gasteiger partial charge in [0, 0.05) is 25.7 Å². The van der Waals surface area contributed by atoms with Gasteiger partial charge in [0.25, 0.3) is 11.5 Å². The predicted molar refractivity (Wildman–Crippen MR) is 142 cm³/mol. The number of thiophene rings is 1. The second-order valence-corrected chi connectivity index (χ2v) is 11.3. The van der Waals surface area contributed by atoms with Gasteiger partial charge in [-0.3, -0.25) is 19.0 Å². The molecule has 4 heterocycles. The van der Waals surface area contributed by atoms with Gasteiger partial charge in [-0.15, -0.1) is 11.3 Å². The molecule has 7 nitrogen and oxygen atoms in total. The normalized spacial score (nSPS) is 19.1. The fraction of sp³-hybridized carbons (Fsp3) is 0.500. The highest BCUT2D eigenvalue weighted by molar-refractivity contribution is 7.20. The number of aromatic nitrogens is 2. The molecule has 0 bridgehead atoms. The van der Waals surface area contributed by atoms with Crippen LogP contribution in [0, 0.1) is 12.8 Å². The molecule has 2 saturated heterocycles. The summed E-state index contributed by atoms with van der Waals surface area (Å²) in [6, 6.07) is 10.7. The minimum atomic E-state index is -0.243. The first-order chi connectivity index (χ1) is 17.4. The number of rotatable bonds is 5. The number of fused-ring (bicyclic) bond motifs is 1. The van der Waals surface area contributed by atoms with Crippen LogP contribution in [0.15, 0.2) is 41.5 Å². The van der Waals surface area contributed by atoms with Gasteiger partial charge in [-0.2, -0.15) is 0 Å². The van der Waals surface area contributed by atoms with Crippen molar-refractivity contribution in [2.75, 3.05) is 19.6 Å². The number of benzene rings is 1. The minimum absolute atomic E-state index is 0.0143. The van der Waals surface area contributed by atoms with E-state index in [2.05, 4.69) is 36.2 Å². The lowest BCUT2D eigenvalue weighted by molar-refractivity contribution is -0.135. The first-order valence-corrected chi connectivity index (χ1v) is 13.8. The van der Waals surface area contributed by atoms with Crippen molar-refractivity contribution < 1.29 is 9.59 Å². The van der Waals surface area contributed by atoms with Crippen LogP contribution in [0.25, 0.3) is 10.2 Å². The molecule has 0 N–H and O–H groups in total. The average Bonchev–Trinajstić information content (AvgIpc) is 3.23. The molecule has 0 spiro atoms. The third kappa shape index (κ3) is 4.96. The fourth-order valence-electron chi connectivity index (χ4n) is 5.61.